The molecule has 0 saturated carbocycles. The van der Waals surface area contributed by atoms with Gasteiger partial charge in [0.2, 0.25) is 0 Å². The molecular weight excluding hydrogens is 416 g/mol. The van der Waals surface area contributed by atoms with Gasteiger partial charge < -0.3 is 10.3 Å². The van der Waals surface area contributed by atoms with Crippen molar-refractivity contribution >= 4 is 33.2 Å². The minimum atomic E-state index is -2.52. The molecule has 0 radical (unpaired) electrons. The Morgan fingerprint density at radius 1 is 1.00 bits per heavy atom. The number of anilines is 2. The molecule has 2 aromatic carbocycles. The topological polar surface area (TPSA) is 66.5 Å². The summed E-state index contributed by atoms with van der Waals surface area (Å²) in [6.45, 7) is 2.00. The zero-order valence-electron chi connectivity index (χ0n) is 16.4. The second-order valence-electron chi connectivity index (χ2n) is 7.09. The average molecular weight is 433 g/mol. The van der Waals surface area contributed by atoms with Crippen LogP contribution in [-0.2, 0) is 0 Å². The Labute approximate surface area is 180 Å². The number of alkyl halides is 2. The molecule has 5 aromatic rings. The highest BCUT2D eigenvalue weighted by atomic mass is 32.1. The van der Waals surface area contributed by atoms with Gasteiger partial charge in [0.1, 0.15) is 5.82 Å². The molecule has 0 atom stereocenters. The molecule has 0 saturated heterocycles. The van der Waals surface area contributed by atoms with E-state index in [4.69, 9.17) is 0 Å². The summed E-state index contributed by atoms with van der Waals surface area (Å²) >= 11 is 1.52. The van der Waals surface area contributed by atoms with Crippen LogP contribution in [0.5, 0.6) is 0 Å². The van der Waals surface area contributed by atoms with E-state index in [1.54, 1.807) is 24.5 Å². The lowest BCUT2D eigenvalue weighted by Gasteiger charge is -2.06. The van der Waals surface area contributed by atoms with E-state index in [0.29, 0.717) is 11.4 Å². The number of aryl methyl sites for hydroxylation is 1. The van der Waals surface area contributed by atoms with Crippen molar-refractivity contribution in [3.05, 3.63) is 77.4 Å². The molecule has 154 valence electrons. The molecule has 8 heteroatoms. The van der Waals surface area contributed by atoms with Gasteiger partial charge in [-0.15, -0.1) is 11.3 Å². The molecule has 0 fully saturated rings. The third kappa shape index (κ3) is 3.89. The van der Waals surface area contributed by atoms with E-state index in [0.717, 1.165) is 38.7 Å². The molecular formula is C23H17F2N5S. The average Bonchev–Trinajstić information content (AvgIpc) is 3.42. The minimum Gasteiger partial charge on any atom is -0.338 e. The van der Waals surface area contributed by atoms with E-state index in [2.05, 4.69) is 25.3 Å². The first kappa shape index (κ1) is 19.3. The fourth-order valence-corrected chi connectivity index (χ4v) is 4.09. The maximum Gasteiger partial charge on any atom is 0.263 e. The second-order valence-corrected chi connectivity index (χ2v) is 7.95. The Morgan fingerprint density at radius 3 is 2.65 bits per heavy atom. The summed E-state index contributed by atoms with van der Waals surface area (Å²) in [4.78, 5) is 16.5. The molecule has 5 nitrogen and oxygen atoms in total. The molecule has 0 aliphatic heterocycles. The third-order valence-corrected chi connectivity index (χ3v) is 5.72. The van der Waals surface area contributed by atoms with Gasteiger partial charge in [0.05, 0.1) is 16.7 Å². The van der Waals surface area contributed by atoms with Crippen LogP contribution >= 0.6 is 11.3 Å². The van der Waals surface area contributed by atoms with Crippen molar-refractivity contribution in [3.63, 3.8) is 0 Å². The second kappa shape index (κ2) is 7.88. The van der Waals surface area contributed by atoms with Crippen LogP contribution in [0.15, 0.2) is 66.3 Å². The van der Waals surface area contributed by atoms with Gasteiger partial charge in [-0.05, 0) is 42.8 Å². The van der Waals surface area contributed by atoms with Crippen LogP contribution in [-0.4, -0.2) is 19.9 Å². The number of rotatable bonds is 5. The number of aromatic amines is 1. The van der Waals surface area contributed by atoms with Gasteiger partial charge in [-0.2, -0.15) is 0 Å². The van der Waals surface area contributed by atoms with E-state index in [1.807, 2.05) is 36.6 Å². The van der Waals surface area contributed by atoms with Crippen LogP contribution in [0.25, 0.3) is 33.7 Å². The van der Waals surface area contributed by atoms with E-state index < -0.39 is 6.43 Å². The first-order valence-corrected chi connectivity index (χ1v) is 10.5. The molecule has 2 N–H and O–H groups in total. The van der Waals surface area contributed by atoms with Crippen LogP contribution in [0, 0.1) is 6.92 Å². The summed E-state index contributed by atoms with van der Waals surface area (Å²) in [5, 5.41) is 6.13. The zero-order chi connectivity index (χ0) is 21.4. The molecule has 0 bridgehead atoms. The number of aromatic nitrogens is 4. The number of benzene rings is 2. The molecule has 3 heterocycles. The summed E-state index contributed by atoms with van der Waals surface area (Å²) in [6, 6.07) is 14.0. The molecule has 0 aliphatic rings. The Kier molecular flexibility index (Phi) is 4.91. The van der Waals surface area contributed by atoms with Crippen molar-refractivity contribution in [3.8, 4) is 22.6 Å². The number of hydrogen-bond donors (Lipinski definition) is 2. The predicted octanol–water partition coefficient (Wildman–Crippen LogP) is 6.74. The maximum atomic E-state index is 13.0. The van der Waals surface area contributed by atoms with Crippen LogP contribution in [0.2, 0.25) is 0 Å². The molecule has 0 spiro atoms. The number of nitrogens with zero attached hydrogens (tertiary/aromatic N) is 3. The quantitative estimate of drug-likeness (QED) is 0.322. The van der Waals surface area contributed by atoms with Crippen LogP contribution in [0.3, 0.4) is 0 Å². The molecule has 5 rings (SSSR count). The fraction of sp³-hybridized carbons (Fsp3) is 0.0870. The smallest absolute Gasteiger partial charge is 0.263 e. The van der Waals surface area contributed by atoms with Gasteiger partial charge in [0, 0.05) is 40.2 Å². The SMILES string of the molecule is Cc1cc2[nH]c(-c3cccc(C(F)F)c3)nc2cc1Nc1nc(-c2ccncc2)cs1. The predicted molar refractivity (Wildman–Crippen MR) is 120 cm³/mol. The van der Waals surface area contributed by atoms with Crippen molar-refractivity contribution in [2.75, 3.05) is 5.32 Å². The van der Waals surface area contributed by atoms with Crippen molar-refractivity contribution < 1.29 is 8.78 Å². The monoisotopic (exact) mass is 433 g/mol. The Balaban J connectivity index is 1.45. The van der Waals surface area contributed by atoms with E-state index >= 15 is 0 Å². The van der Waals surface area contributed by atoms with Gasteiger partial charge in [-0.3, -0.25) is 4.98 Å². The summed E-state index contributed by atoms with van der Waals surface area (Å²) in [7, 11) is 0. The van der Waals surface area contributed by atoms with E-state index in [1.165, 1.54) is 23.5 Å². The number of thiazole rings is 1. The van der Waals surface area contributed by atoms with Crippen molar-refractivity contribution in [1.29, 1.82) is 0 Å². The van der Waals surface area contributed by atoms with Crippen LogP contribution < -0.4 is 5.32 Å². The van der Waals surface area contributed by atoms with Crippen molar-refractivity contribution in [2.45, 2.75) is 13.3 Å². The number of halogens is 2. The fourth-order valence-electron chi connectivity index (χ4n) is 3.36. The van der Waals surface area contributed by atoms with E-state index in [-0.39, 0.29) is 5.56 Å². The van der Waals surface area contributed by atoms with Gasteiger partial charge in [0.25, 0.3) is 6.43 Å². The molecule has 3 aromatic heterocycles. The number of nitrogens with one attached hydrogen (secondary N) is 2. The normalized spacial score (nSPS) is 11.4. The molecule has 0 amide bonds. The number of pyridine rings is 1. The minimum absolute atomic E-state index is 0.0229. The summed E-state index contributed by atoms with van der Waals surface area (Å²) in [6.07, 6.45) is 0.968. The maximum absolute atomic E-state index is 13.0. The Morgan fingerprint density at radius 2 is 1.84 bits per heavy atom. The van der Waals surface area contributed by atoms with Gasteiger partial charge >= 0.3 is 0 Å². The van der Waals surface area contributed by atoms with E-state index in [9.17, 15) is 8.78 Å². The van der Waals surface area contributed by atoms with Gasteiger partial charge in [-0.25, -0.2) is 18.7 Å². The number of hydrogen-bond acceptors (Lipinski definition) is 5. The van der Waals surface area contributed by atoms with Crippen LogP contribution in [0.4, 0.5) is 19.6 Å². The van der Waals surface area contributed by atoms with Gasteiger partial charge in [0.15, 0.2) is 5.13 Å². The zero-order valence-corrected chi connectivity index (χ0v) is 17.3. The van der Waals surface area contributed by atoms with Crippen LogP contribution in [0.1, 0.15) is 17.6 Å². The summed E-state index contributed by atoms with van der Waals surface area (Å²) in [5.74, 6) is 0.559. The lowest BCUT2D eigenvalue weighted by molar-refractivity contribution is 0.151. The Hall–Kier alpha value is -3.65. The third-order valence-electron chi connectivity index (χ3n) is 4.96. The summed E-state index contributed by atoms with van der Waals surface area (Å²) < 4.78 is 26.1. The molecule has 31 heavy (non-hydrogen) atoms. The highest BCUT2D eigenvalue weighted by Crippen LogP contribution is 2.31. The highest BCUT2D eigenvalue weighted by Gasteiger charge is 2.13. The molecule has 0 unspecified atom stereocenters. The summed E-state index contributed by atoms with van der Waals surface area (Å²) in [5.41, 5.74) is 6.00. The lowest BCUT2D eigenvalue weighted by Crippen LogP contribution is -1.93. The number of H-pyrrole nitrogens is 1. The standard InChI is InChI=1S/C23H17F2N5S/c1-13-9-18-19(28-22(27-18)16-4-2-3-15(10-16)21(24)25)11-17(13)29-23-30-20(12-31-23)14-5-7-26-8-6-14/h2-12,21H,1H3,(H,27,28)(H,29,30). The van der Waals surface area contributed by atoms with Crippen molar-refractivity contribution in [1.82, 2.24) is 19.9 Å². The van der Waals surface area contributed by atoms with Gasteiger partial charge in [-0.1, -0.05) is 18.2 Å². The molecule has 0 aliphatic carbocycles. The lowest BCUT2D eigenvalue weighted by atomic mass is 10.1. The first-order chi connectivity index (χ1) is 15.1. The number of imidazole rings is 1. The van der Waals surface area contributed by atoms with Crippen molar-refractivity contribution in [2.24, 2.45) is 0 Å². The largest absolute Gasteiger partial charge is 0.338 e. The number of fused-ring (bicyclic) bond motifs is 1. The highest BCUT2D eigenvalue weighted by molar-refractivity contribution is 7.14. The Bertz CT molecular complexity index is 1360. The first-order valence-electron chi connectivity index (χ1n) is 9.58.